The van der Waals surface area contributed by atoms with Gasteiger partial charge in [0.05, 0.1) is 0 Å². The molecule has 0 atom stereocenters. The van der Waals surface area contributed by atoms with Gasteiger partial charge in [-0.1, -0.05) is 111 Å². The lowest BCUT2D eigenvalue weighted by Crippen LogP contribution is -1.97. The quantitative estimate of drug-likeness (QED) is 0.259. The van der Waals surface area contributed by atoms with E-state index in [1.54, 1.807) is 0 Å². The van der Waals surface area contributed by atoms with Crippen molar-refractivity contribution in [2.75, 3.05) is 6.54 Å². The molecule has 0 aromatic carbocycles. The van der Waals surface area contributed by atoms with Crippen LogP contribution in [0.1, 0.15) is 117 Å². The van der Waals surface area contributed by atoms with Crippen LogP contribution in [0.2, 0.25) is 0 Å². The summed E-state index contributed by atoms with van der Waals surface area (Å²) in [5, 5.41) is 0. The van der Waals surface area contributed by atoms with Crippen molar-refractivity contribution in [1.29, 1.82) is 0 Å². The highest BCUT2D eigenvalue weighted by Crippen LogP contribution is 2.07. The molecule has 0 amide bonds. The highest BCUT2D eigenvalue weighted by Gasteiger charge is 1.89. The molecule has 0 aromatic rings. The van der Waals surface area contributed by atoms with E-state index in [0.29, 0.717) is 0 Å². The molecule has 0 aliphatic heterocycles. The molecule has 136 valence electrons. The predicted molar refractivity (Wildman–Crippen MR) is 107 cm³/mol. The Kier molecular flexibility index (Phi) is 39.4. The zero-order valence-electron chi connectivity index (χ0n) is 16.3. The van der Waals surface area contributed by atoms with E-state index in [1.807, 2.05) is 0 Å². The van der Waals surface area contributed by atoms with E-state index < -0.39 is 0 Å². The molecule has 1 nitrogen and oxygen atoms in total. The summed E-state index contributed by atoms with van der Waals surface area (Å²) in [7, 11) is 0. The normalized spacial score (nSPS) is 9.45. The van der Waals surface area contributed by atoms with Crippen molar-refractivity contribution >= 4 is 0 Å². The van der Waals surface area contributed by atoms with Crippen LogP contribution in [0.3, 0.4) is 0 Å². The molecule has 0 aromatic heterocycles. The second kappa shape index (κ2) is 32.6. The number of unbranched alkanes of at least 4 members (excludes halogenated alkanes) is 13. The lowest BCUT2D eigenvalue weighted by Gasteiger charge is -1.99. The SMILES string of the molecule is C=C.CCCCCCCCC.CCCCCCCCCCN. The fraction of sp³-hybridized carbons (Fsp3) is 0.905. The molecule has 2 N–H and O–H groups in total. The molecule has 0 heterocycles. The zero-order valence-corrected chi connectivity index (χ0v) is 16.3. The van der Waals surface area contributed by atoms with Gasteiger partial charge in [0, 0.05) is 0 Å². The van der Waals surface area contributed by atoms with Crippen molar-refractivity contribution in [2.24, 2.45) is 5.73 Å². The van der Waals surface area contributed by atoms with E-state index in [0.717, 1.165) is 6.54 Å². The van der Waals surface area contributed by atoms with E-state index in [-0.39, 0.29) is 0 Å². The molecule has 1 heteroatoms. The Morgan fingerprint density at radius 3 is 0.909 bits per heavy atom. The summed E-state index contributed by atoms with van der Waals surface area (Å²) < 4.78 is 0. The minimum atomic E-state index is 0.870. The summed E-state index contributed by atoms with van der Waals surface area (Å²) in [6.45, 7) is 13.7. The number of hydrogen-bond acceptors (Lipinski definition) is 1. The summed E-state index contributed by atoms with van der Waals surface area (Å²) in [6.07, 6.45) is 21.0. The standard InChI is InChI=1S/C10H23N.C9H20.C2H4/c1-2-3-4-5-6-7-8-9-10-11;1-3-5-7-9-8-6-4-2;1-2/h2-11H2,1H3;3-9H2,1-2H3;1-2H2. The average Bonchev–Trinajstić information content (AvgIpc) is 2.56. The molecule has 0 fully saturated rings. The van der Waals surface area contributed by atoms with Crippen LogP contribution in [0, 0.1) is 0 Å². The third kappa shape index (κ3) is 36.7. The van der Waals surface area contributed by atoms with Crippen molar-refractivity contribution in [1.82, 2.24) is 0 Å². The van der Waals surface area contributed by atoms with Crippen LogP contribution >= 0.6 is 0 Å². The first-order valence-corrected chi connectivity index (χ1v) is 10.0. The molecule has 0 radical (unpaired) electrons. The maximum atomic E-state index is 5.39. The fourth-order valence-corrected chi connectivity index (χ4v) is 2.31. The second-order valence-corrected chi connectivity index (χ2v) is 6.03. The van der Waals surface area contributed by atoms with Gasteiger partial charge in [-0.05, 0) is 13.0 Å². The van der Waals surface area contributed by atoms with Crippen molar-refractivity contribution in [3.05, 3.63) is 13.2 Å². The molecular formula is C21H47N. The van der Waals surface area contributed by atoms with Crippen molar-refractivity contribution in [2.45, 2.75) is 117 Å². The largest absolute Gasteiger partial charge is 0.330 e. The Bertz CT molecular complexity index is 131. The van der Waals surface area contributed by atoms with Crippen LogP contribution in [0.15, 0.2) is 13.2 Å². The smallest absolute Gasteiger partial charge is 0.00773 e. The molecule has 0 unspecified atom stereocenters. The van der Waals surface area contributed by atoms with Crippen LogP contribution in [-0.2, 0) is 0 Å². The molecule has 0 saturated carbocycles. The molecule has 0 spiro atoms. The van der Waals surface area contributed by atoms with Crippen molar-refractivity contribution in [3.63, 3.8) is 0 Å². The number of hydrogen-bond donors (Lipinski definition) is 1. The summed E-state index contributed by atoms with van der Waals surface area (Å²) in [5.41, 5.74) is 5.39. The first-order chi connectivity index (χ1) is 10.8. The van der Waals surface area contributed by atoms with E-state index in [1.165, 1.54) is 96.3 Å². The highest BCUT2D eigenvalue weighted by atomic mass is 14.5. The van der Waals surface area contributed by atoms with Gasteiger partial charge in [-0.3, -0.25) is 0 Å². The Hall–Kier alpha value is -0.300. The van der Waals surface area contributed by atoms with Gasteiger partial charge in [0.1, 0.15) is 0 Å². The lowest BCUT2D eigenvalue weighted by molar-refractivity contribution is 0.578. The molecule has 0 aliphatic carbocycles. The van der Waals surface area contributed by atoms with Gasteiger partial charge >= 0.3 is 0 Å². The minimum Gasteiger partial charge on any atom is -0.330 e. The van der Waals surface area contributed by atoms with Crippen LogP contribution in [0.5, 0.6) is 0 Å². The Balaban J connectivity index is -0.000000299. The molecule has 0 bridgehead atoms. The van der Waals surface area contributed by atoms with Crippen LogP contribution in [-0.4, -0.2) is 6.54 Å². The van der Waals surface area contributed by atoms with Crippen molar-refractivity contribution in [3.8, 4) is 0 Å². The van der Waals surface area contributed by atoms with E-state index in [2.05, 4.69) is 33.9 Å². The van der Waals surface area contributed by atoms with Gasteiger partial charge in [-0.15, -0.1) is 13.2 Å². The highest BCUT2D eigenvalue weighted by molar-refractivity contribution is 4.45. The van der Waals surface area contributed by atoms with E-state index in [4.69, 9.17) is 5.73 Å². The monoisotopic (exact) mass is 313 g/mol. The summed E-state index contributed by atoms with van der Waals surface area (Å²) in [4.78, 5) is 0. The molecule has 0 rings (SSSR count). The maximum Gasteiger partial charge on any atom is -0.00773 e. The van der Waals surface area contributed by atoms with Gasteiger partial charge < -0.3 is 5.73 Å². The number of rotatable bonds is 14. The second-order valence-electron chi connectivity index (χ2n) is 6.03. The molecule has 0 saturated heterocycles. The van der Waals surface area contributed by atoms with Gasteiger partial charge in [0.2, 0.25) is 0 Å². The summed E-state index contributed by atoms with van der Waals surface area (Å²) in [5.74, 6) is 0. The summed E-state index contributed by atoms with van der Waals surface area (Å²) >= 11 is 0. The first-order valence-electron chi connectivity index (χ1n) is 10.0. The van der Waals surface area contributed by atoms with Gasteiger partial charge in [0.25, 0.3) is 0 Å². The van der Waals surface area contributed by atoms with Gasteiger partial charge in [0.15, 0.2) is 0 Å². The van der Waals surface area contributed by atoms with Crippen LogP contribution in [0.4, 0.5) is 0 Å². The minimum absolute atomic E-state index is 0.870. The zero-order chi connectivity index (χ0) is 17.3. The van der Waals surface area contributed by atoms with Gasteiger partial charge in [-0.2, -0.15) is 0 Å². The fourth-order valence-electron chi connectivity index (χ4n) is 2.31. The predicted octanol–water partition coefficient (Wildman–Crippen LogP) is 7.64. The molecular weight excluding hydrogens is 266 g/mol. The Morgan fingerprint density at radius 1 is 0.455 bits per heavy atom. The topological polar surface area (TPSA) is 26.0 Å². The Labute approximate surface area is 143 Å². The first kappa shape index (κ1) is 26.6. The van der Waals surface area contributed by atoms with Crippen LogP contribution < -0.4 is 5.73 Å². The third-order valence-corrected chi connectivity index (χ3v) is 3.76. The molecule has 0 aliphatic rings. The summed E-state index contributed by atoms with van der Waals surface area (Å²) in [6, 6.07) is 0. The third-order valence-electron chi connectivity index (χ3n) is 3.76. The van der Waals surface area contributed by atoms with Crippen molar-refractivity contribution < 1.29 is 0 Å². The maximum absolute atomic E-state index is 5.39. The van der Waals surface area contributed by atoms with Crippen LogP contribution in [0.25, 0.3) is 0 Å². The number of nitrogens with two attached hydrogens (primary N) is 1. The lowest BCUT2D eigenvalue weighted by atomic mass is 10.1. The molecule has 22 heavy (non-hydrogen) atoms. The van der Waals surface area contributed by atoms with E-state index in [9.17, 15) is 0 Å². The van der Waals surface area contributed by atoms with E-state index >= 15 is 0 Å². The average molecular weight is 314 g/mol. The van der Waals surface area contributed by atoms with Gasteiger partial charge in [-0.25, -0.2) is 0 Å². The Morgan fingerprint density at radius 2 is 0.682 bits per heavy atom.